The Balaban J connectivity index is 0.000000465. The van der Waals surface area contributed by atoms with E-state index in [2.05, 4.69) is 48.9 Å². The molecule has 0 spiro atoms. The van der Waals surface area contributed by atoms with Gasteiger partial charge >= 0.3 is 0 Å². The van der Waals surface area contributed by atoms with Crippen molar-refractivity contribution in [2.24, 2.45) is 5.92 Å². The third kappa shape index (κ3) is 7.27. The van der Waals surface area contributed by atoms with Crippen molar-refractivity contribution in [1.29, 1.82) is 0 Å². The highest BCUT2D eigenvalue weighted by atomic mass is 127. The van der Waals surface area contributed by atoms with Gasteiger partial charge in [-0.15, -0.1) is 11.8 Å². The second-order valence-electron chi connectivity index (χ2n) is 6.04. The number of carbonyl (C=O) groups is 1. The van der Waals surface area contributed by atoms with Crippen LogP contribution in [0.15, 0.2) is 51.8 Å². The molecule has 0 aliphatic heterocycles. The predicted octanol–water partition coefficient (Wildman–Crippen LogP) is 7.67. The van der Waals surface area contributed by atoms with Crippen LogP contribution in [0.3, 0.4) is 0 Å². The molecule has 3 nitrogen and oxygen atoms in total. The molecule has 0 atom stereocenters. The van der Waals surface area contributed by atoms with Gasteiger partial charge in [0.2, 0.25) is 0 Å². The molecule has 0 aromatic heterocycles. The number of ketones is 1. The van der Waals surface area contributed by atoms with Crippen LogP contribution in [0.2, 0.25) is 0 Å². The zero-order valence-corrected chi connectivity index (χ0v) is 20.4. The number of thioether (sulfide) groups is 1. The summed E-state index contributed by atoms with van der Waals surface area (Å²) in [6.45, 7) is 2.19. The lowest BCUT2D eigenvalue weighted by atomic mass is 10.0. The van der Waals surface area contributed by atoms with Gasteiger partial charge in [-0.3, -0.25) is 4.79 Å². The second kappa shape index (κ2) is 12.4. The highest BCUT2D eigenvalue weighted by Crippen LogP contribution is 2.40. The van der Waals surface area contributed by atoms with Gasteiger partial charge in [0.1, 0.15) is 0 Å². The first kappa shape index (κ1) is 23.1. The minimum absolute atomic E-state index is 0.0639. The number of benzene rings is 2. The van der Waals surface area contributed by atoms with Crippen molar-refractivity contribution in [3.8, 4) is 5.75 Å². The highest BCUT2D eigenvalue weighted by Gasteiger charge is 2.34. The van der Waals surface area contributed by atoms with Gasteiger partial charge in [-0.2, -0.15) is 0 Å². The average molecular weight is 581 g/mol. The van der Waals surface area contributed by atoms with E-state index in [1.165, 1.54) is 12.2 Å². The summed E-state index contributed by atoms with van der Waals surface area (Å²) < 4.78 is 0.862. The zero-order chi connectivity index (χ0) is 19.6. The van der Waals surface area contributed by atoms with Gasteiger partial charge in [0.05, 0.1) is 5.56 Å². The fourth-order valence-corrected chi connectivity index (χ4v) is 5.48. The fraction of sp³-hybridized carbons (Fsp3) is 0.350. The third-order valence-electron chi connectivity index (χ3n) is 3.92. The van der Waals surface area contributed by atoms with Crippen molar-refractivity contribution >= 4 is 63.6 Å². The van der Waals surface area contributed by atoms with Gasteiger partial charge in [-0.1, -0.05) is 50.0 Å². The van der Waals surface area contributed by atoms with Gasteiger partial charge in [0.25, 0.3) is 0 Å². The van der Waals surface area contributed by atoms with Crippen LogP contribution >= 0.6 is 57.8 Å². The average Bonchev–Trinajstić information content (AvgIpc) is 3.53. The van der Waals surface area contributed by atoms with Crippen LogP contribution in [0, 0.1) is 5.92 Å². The number of hydrogen-bond donors (Lipinski definition) is 1. The fourth-order valence-electron chi connectivity index (χ4n) is 2.39. The van der Waals surface area contributed by atoms with E-state index >= 15 is 0 Å². The van der Waals surface area contributed by atoms with Crippen molar-refractivity contribution in [3.63, 3.8) is 0 Å². The molecular weight excluding hydrogens is 559 g/mol. The maximum Gasteiger partial charge on any atom is 0.176 e. The van der Waals surface area contributed by atoms with E-state index in [9.17, 15) is 4.79 Å². The maximum atomic E-state index is 12.5. The molecule has 2 aromatic rings. The molecule has 1 saturated carbocycles. The van der Waals surface area contributed by atoms with Gasteiger partial charge < -0.3 is 4.89 Å². The van der Waals surface area contributed by atoms with Crippen LogP contribution in [0.1, 0.15) is 42.1 Å². The van der Waals surface area contributed by atoms with Crippen LogP contribution in [0.25, 0.3) is 0 Å². The number of carbonyl (C=O) groups excluding carboxylic acids is 1. The van der Waals surface area contributed by atoms with E-state index in [0.717, 1.165) is 27.8 Å². The summed E-state index contributed by atoms with van der Waals surface area (Å²) in [5, 5.41) is 9.10. The molecule has 0 radical (unpaired) electrons. The molecule has 0 amide bonds. The van der Waals surface area contributed by atoms with Gasteiger partial charge in [0, 0.05) is 26.8 Å². The Morgan fingerprint density at radius 2 is 1.96 bits per heavy atom. The summed E-state index contributed by atoms with van der Waals surface area (Å²) in [4.78, 5) is 18.1. The van der Waals surface area contributed by atoms with Crippen molar-refractivity contribution in [2.75, 3.05) is 5.75 Å². The van der Waals surface area contributed by atoms with E-state index in [1.54, 1.807) is 23.9 Å². The van der Waals surface area contributed by atoms with Crippen LogP contribution in [-0.2, 0) is 5.75 Å². The van der Waals surface area contributed by atoms with Crippen molar-refractivity contribution < 1.29 is 14.9 Å². The van der Waals surface area contributed by atoms with Gasteiger partial charge in [0.15, 0.2) is 11.5 Å². The predicted molar refractivity (Wildman–Crippen MR) is 127 cm³/mol. The monoisotopic (exact) mass is 580 g/mol. The van der Waals surface area contributed by atoms with Gasteiger partial charge in [-0.05, 0) is 70.3 Å². The van der Waals surface area contributed by atoms with Crippen LogP contribution < -0.4 is 4.89 Å². The van der Waals surface area contributed by atoms with Crippen molar-refractivity contribution in [1.82, 2.24) is 0 Å². The Labute approximate surface area is 189 Å². The maximum absolute atomic E-state index is 12.5. The lowest BCUT2D eigenvalue weighted by Crippen LogP contribution is -2.09. The van der Waals surface area contributed by atoms with Crippen LogP contribution in [-0.4, -0.2) is 16.8 Å². The molecule has 7 heteroatoms. The molecule has 0 saturated heterocycles. The molecule has 0 bridgehead atoms. The molecule has 1 aliphatic carbocycles. The zero-order valence-electron chi connectivity index (χ0n) is 15.0. The summed E-state index contributed by atoms with van der Waals surface area (Å²) in [5.41, 5.74) is 1.38. The molecule has 27 heavy (non-hydrogen) atoms. The van der Waals surface area contributed by atoms with E-state index in [-0.39, 0.29) is 17.5 Å². The lowest BCUT2D eigenvalue weighted by molar-refractivity contribution is -0.138. The molecule has 146 valence electrons. The van der Waals surface area contributed by atoms with E-state index < -0.39 is 0 Å². The third-order valence-corrected chi connectivity index (χ3v) is 7.58. The minimum Gasteiger partial charge on any atom is -0.339 e. The molecule has 2 aromatic carbocycles. The SMILES string of the molecule is CCCSI.O=C(c1c(OO)ccc(Br)c1CSc1ccccc1)C1CC1. The molecule has 1 aliphatic rings. The first-order chi connectivity index (χ1) is 13.1. The largest absolute Gasteiger partial charge is 0.339 e. The summed E-state index contributed by atoms with van der Waals surface area (Å²) in [5.74, 6) is 2.30. The molecule has 0 heterocycles. The Morgan fingerprint density at radius 3 is 2.48 bits per heavy atom. The van der Waals surface area contributed by atoms with Crippen LogP contribution in [0.4, 0.5) is 0 Å². The van der Waals surface area contributed by atoms with E-state index in [0.29, 0.717) is 11.3 Å². The molecule has 1 fully saturated rings. The van der Waals surface area contributed by atoms with E-state index in [4.69, 9.17) is 5.26 Å². The summed E-state index contributed by atoms with van der Waals surface area (Å²) in [6, 6.07) is 13.4. The number of hydrogen-bond acceptors (Lipinski definition) is 5. The summed E-state index contributed by atoms with van der Waals surface area (Å²) >= 11 is 7.47. The normalized spacial score (nSPS) is 12.9. The number of halogens is 2. The van der Waals surface area contributed by atoms with Crippen molar-refractivity contribution in [3.05, 3.63) is 58.1 Å². The molecule has 3 rings (SSSR count). The van der Waals surface area contributed by atoms with Gasteiger partial charge in [-0.25, -0.2) is 5.26 Å². The Bertz CT molecular complexity index is 738. The first-order valence-electron chi connectivity index (χ1n) is 8.70. The lowest BCUT2D eigenvalue weighted by Gasteiger charge is -2.13. The quantitative estimate of drug-likeness (QED) is 0.114. The summed E-state index contributed by atoms with van der Waals surface area (Å²) in [6.07, 6.45) is 3.14. The first-order valence-corrected chi connectivity index (χ1v) is 14.0. The minimum atomic E-state index is 0.0639. The van der Waals surface area contributed by atoms with Crippen LogP contribution in [0.5, 0.6) is 5.75 Å². The molecular formula is C20H22BrIO3S2. The highest BCUT2D eigenvalue weighted by molar-refractivity contribution is 14.2. The topological polar surface area (TPSA) is 46.5 Å². The Kier molecular flexibility index (Phi) is 10.6. The summed E-state index contributed by atoms with van der Waals surface area (Å²) in [7, 11) is 1.87. The van der Waals surface area contributed by atoms with E-state index in [1.807, 2.05) is 39.3 Å². The molecule has 0 unspecified atom stereocenters. The number of Topliss-reactive ketones (excluding diaryl/α,β-unsaturated/α-hetero) is 1. The smallest absolute Gasteiger partial charge is 0.176 e. The Hall–Kier alpha value is -0.220. The standard InChI is InChI=1S/C17H15BrO3S.C3H7IS/c18-14-8-9-15(21-20)16(17(19)11-6-7-11)13(14)10-22-12-4-2-1-3-5-12;1-2-3-5-4/h1-5,8-9,11,20H,6-7,10H2;2-3H2,1H3. The van der Waals surface area contributed by atoms with Crippen molar-refractivity contribution in [2.45, 2.75) is 36.8 Å². The molecule has 1 N–H and O–H groups in total. The number of rotatable bonds is 8. The Morgan fingerprint density at radius 1 is 1.26 bits per heavy atom. The second-order valence-corrected chi connectivity index (χ2v) is 10.4.